The molecule has 0 aliphatic carbocycles. The highest BCUT2D eigenvalue weighted by atomic mass is 16.5. The van der Waals surface area contributed by atoms with Gasteiger partial charge in [0.05, 0.1) is 13.7 Å². The van der Waals surface area contributed by atoms with Gasteiger partial charge >= 0.3 is 0 Å². The number of ether oxygens (including phenoxy) is 1. The number of rotatable bonds is 5. The van der Waals surface area contributed by atoms with Gasteiger partial charge < -0.3 is 4.74 Å². The maximum Gasteiger partial charge on any atom is 0.143 e. The van der Waals surface area contributed by atoms with Crippen LogP contribution in [0.25, 0.3) is 0 Å². The van der Waals surface area contributed by atoms with Gasteiger partial charge in [-0.2, -0.15) is 0 Å². The van der Waals surface area contributed by atoms with Crippen LogP contribution in [0.2, 0.25) is 0 Å². The predicted molar refractivity (Wildman–Crippen MR) is 69.5 cm³/mol. The van der Waals surface area contributed by atoms with Crippen LogP contribution in [0.5, 0.6) is 5.75 Å². The summed E-state index contributed by atoms with van der Waals surface area (Å²) in [5.41, 5.74) is 3.65. The molecule has 0 aliphatic rings. The van der Waals surface area contributed by atoms with Crippen LogP contribution in [0.15, 0.2) is 12.1 Å². The summed E-state index contributed by atoms with van der Waals surface area (Å²) < 4.78 is 5.28. The topological polar surface area (TPSA) is 29.5 Å². The zero-order valence-electron chi connectivity index (χ0n) is 11.3. The molecule has 0 aliphatic heterocycles. The van der Waals surface area contributed by atoms with Crippen LogP contribution in [0.3, 0.4) is 0 Å². The fourth-order valence-corrected chi connectivity index (χ4v) is 1.97. The van der Waals surface area contributed by atoms with Gasteiger partial charge in [0.1, 0.15) is 11.5 Å². The molecule has 0 amide bonds. The Morgan fingerprint density at radius 3 is 2.47 bits per heavy atom. The largest absolute Gasteiger partial charge is 0.496 e. The van der Waals surface area contributed by atoms with Crippen molar-refractivity contribution in [3.63, 3.8) is 0 Å². The Bertz CT molecular complexity index is 413. The van der Waals surface area contributed by atoms with E-state index in [4.69, 9.17) is 4.74 Å². The quantitative estimate of drug-likeness (QED) is 0.784. The number of likely N-dealkylation sites (N-methyl/N-ethyl adjacent to an activating group) is 1. The number of carbonyl (C=O) groups is 1. The first-order chi connectivity index (χ1) is 7.95. The summed E-state index contributed by atoms with van der Waals surface area (Å²) in [7, 11) is 3.64. The molecular weight excluding hydrogens is 214 g/mol. The Hall–Kier alpha value is -1.35. The predicted octanol–water partition coefficient (Wildman–Crippen LogP) is 2.33. The van der Waals surface area contributed by atoms with E-state index in [9.17, 15) is 4.79 Å². The first-order valence-corrected chi connectivity index (χ1v) is 5.76. The van der Waals surface area contributed by atoms with Crippen LogP contribution in [0.4, 0.5) is 0 Å². The summed E-state index contributed by atoms with van der Waals surface area (Å²) in [5.74, 6) is 1.11. The minimum atomic E-state index is 0.190. The lowest BCUT2D eigenvalue weighted by Gasteiger charge is -2.18. The normalized spacial score (nSPS) is 10.7. The molecule has 0 atom stereocenters. The molecule has 0 unspecified atom stereocenters. The monoisotopic (exact) mass is 235 g/mol. The molecule has 3 heteroatoms. The third-order valence-electron chi connectivity index (χ3n) is 3.00. The Morgan fingerprint density at radius 1 is 1.29 bits per heavy atom. The average molecular weight is 235 g/mol. The summed E-state index contributed by atoms with van der Waals surface area (Å²) in [6.45, 7) is 7.04. The van der Waals surface area contributed by atoms with E-state index in [1.54, 1.807) is 14.0 Å². The van der Waals surface area contributed by atoms with E-state index in [-0.39, 0.29) is 5.78 Å². The Labute approximate surface area is 103 Å². The van der Waals surface area contributed by atoms with Crippen LogP contribution >= 0.6 is 0 Å². The number of benzene rings is 1. The number of Topliss-reactive ketones (excluding diaryl/α,β-unsaturated/α-hetero) is 1. The Balaban J connectivity index is 2.85. The van der Waals surface area contributed by atoms with Crippen molar-refractivity contribution < 1.29 is 9.53 Å². The van der Waals surface area contributed by atoms with Crippen molar-refractivity contribution in [2.24, 2.45) is 0 Å². The first kappa shape index (κ1) is 13.7. The van der Waals surface area contributed by atoms with Gasteiger partial charge in [-0.1, -0.05) is 6.07 Å². The zero-order chi connectivity index (χ0) is 13.0. The van der Waals surface area contributed by atoms with E-state index in [2.05, 4.69) is 19.9 Å². The standard InChI is InChI=1S/C14H21NO2/c1-10(16)8-15(4)9-13-6-7-14(17-5)12(3)11(13)2/h6-7H,8-9H2,1-5H3. The van der Waals surface area contributed by atoms with Crippen molar-refractivity contribution in [1.82, 2.24) is 4.90 Å². The highest BCUT2D eigenvalue weighted by Gasteiger charge is 2.09. The summed E-state index contributed by atoms with van der Waals surface area (Å²) in [6.07, 6.45) is 0. The van der Waals surface area contributed by atoms with E-state index in [1.807, 2.05) is 18.0 Å². The zero-order valence-corrected chi connectivity index (χ0v) is 11.3. The maximum atomic E-state index is 11.0. The first-order valence-electron chi connectivity index (χ1n) is 5.76. The van der Waals surface area contributed by atoms with Gasteiger partial charge in [-0.3, -0.25) is 9.69 Å². The lowest BCUT2D eigenvalue weighted by Crippen LogP contribution is -2.24. The molecule has 3 nitrogen and oxygen atoms in total. The number of hydrogen-bond donors (Lipinski definition) is 0. The molecule has 0 saturated heterocycles. The van der Waals surface area contributed by atoms with Gasteiger partial charge in [-0.25, -0.2) is 0 Å². The fraction of sp³-hybridized carbons (Fsp3) is 0.500. The van der Waals surface area contributed by atoms with Crippen molar-refractivity contribution in [2.45, 2.75) is 27.3 Å². The molecule has 1 aromatic rings. The van der Waals surface area contributed by atoms with Crippen LogP contribution in [0, 0.1) is 13.8 Å². The van der Waals surface area contributed by atoms with Crippen LogP contribution in [0.1, 0.15) is 23.6 Å². The van der Waals surface area contributed by atoms with Gasteiger partial charge in [-0.15, -0.1) is 0 Å². The second-order valence-corrected chi connectivity index (χ2v) is 4.55. The second kappa shape index (κ2) is 5.82. The number of methoxy groups -OCH3 is 1. The van der Waals surface area contributed by atoms with E-state index in [0.29, 0.717) is 6.54 Å². The molecular formula is C14H21NO2. The smallest absolute Gasteiger partial charge is 0.143 e. The van der Waals surface area contributed by atoms with Crippen molar-refractivity contribution >= 4 is 5.78 Å². The molecule has 0 N–H and O–H groups in total. The lowest BCUT2D eigenvalue weighted by molar-refractivity contribution is -0.117. The molecule has 0 saturated carbocycles. The van der Waals surface area contributed by atoms with Gasteiger partial charge in [0.25, 0.3) is 0 Å². The number of hydrogen-bond acceptors (Lipinski definition) is 3. The third kappa shape index (κ3) is 3.56. The second-order valence-electron chi connectivity index (χ2n) is 4.55. The van der Waals surface area contributed by atoms with E-state index in [1.165, 1.54) is 16.7 Å². The SMILES string of the molecule is COc1ccc(CN(C)CC(C)=O)c(C)c1C. The molecule has 94 valence electrons. The lowest BCUT2D eigenvalue weighted by atomic mass is 10.0. The Morgan fingerprint density at radius 2 is 1.94 bits per heavy atom. The number of ketones is 1. The Kier molecular flexibility index (Phi) is 4.70. The maximum absolute atomic E-state index is 11.0. The highest BCUT2D eigenvalue weighted by Crippen LogP contribution is 2.24. The van der Waals surface area contributed by atoms with Crippen molar-refractivity contribution in [1.29, 1.82) is 0 Å². The molecule has 0 aromatic heterocycles. The minimum Gasteiger partial charge on any atom is -0.496 e. The van der Waals surface area contributed by atoms with Crippen LogP contribution in [-0.2, 0) is 11.3 Å². The van der Waals surface area contributed by atoms with Crippen molar-refractivity contribution in [3.05, 3.63) is 28.8 Å². The molecule has 0 bridgehead atoms. The van der Waals surface area contributed by atoms with Crippen molar-refractivity contribution in [2.75, 3.05) is 20.7 Å². The summed E-state index contributed by atoms with van der Waals surface area (Å²) >= 11 is 0. The summed E-state index contributed by atoms with van der Waals surface area (Å²) in [6, 6.07) is 4.05. The van der Waals surface area contributed by atoms with Crippen LogP contribution < -0.4 is 4.74 Å². The molecule has 1 rings (SSSR count). The van der Waals surface area contributed by atoms with Gasteiger partial charge in [0.2, 0.25) is 0 Å². The molecule has 0 fully saturated rings. The molecule has 17 heavy (non-hydrogen) atoms. The summed E-state index contributed by atoms with van der Waals surface area (Å²) in [4.78, 5) is 13.1. The van der Waals surface area contributed by atoms with E-state index >= 15 is 0 Å². The van der Waals surface area contributed by atoms with Crippen LogP contribution in [-0.4, -0.2) is 31.4 Å². The van der Waals surface area contributed by atoms with E-state index in [0.717, 1.165) is 12.3 Å². The highest BCUT2D eigenvalue weighted by molar-refractivity contribution is 5.77. The van der Waals surface area contributed by atoms with Gasteiger partial charge in [0.15, 0.2) is 0 Å². The molecule has 0 spiro atoms. The molecule has 1 aromatic carbocycles. The third-order valence-corrected chi connectivity index (χ3v) is 3.00. The summed E-state index contributed by atoms with van der Waals surface area (Å²) in [5, 5.41) is 0. The number of nitrogens with zero attached hydrogens (tertiary/aromatic N) is 1. The van der Waals surface area contributed by atoms with Gasteiger partial charge in [0, 0.05) is 6.54 Å². The molecule has 0 radical (unpaired) electrons. The number of carbonyl (C=O) groups excluding carboxylic acids is 1. The average Bonchev–Trinajstić information content (AvgIpc) is 2.24. The molecule has 0 heterocycles. The van der Waals surface area contributed by atoms with Gasteiger partial charge in [-0.05, 0) is 50.6 Å². The minimum absolute atomic E-state index is 0.190. The van der Waals surface area contributed by atoms with E-state index < -0.39 is 0 Å². The fourth-order valence-electron chi connectivity index (χ4n) is 1.97. The van der Waals surface area contributed by atoms with Crippen molar-refractivity contribution in [3.8, 4) is 5.75 Å².